The van der Waals surface area contributed by atoms with Crippen molar-refractivity contribution in [1.82, 2.24) is 15.1 Å². The molecule has 0 saturated heterocycles. The number of aromatic amines is 1. The van der Waals surface area contributed by atoms with Crippen LogP contribution in [0.25, 0.3) is 0 Å². The molecule has 6 nitrogen and oxygen atoms in total. The van der Waals surface area contributed by atoms with Crippen LogP contribution in [0.5, 0.6) is 11.5 Å². The molecule has 0 saturated carbocycles. The summed E-state index contributed by atoms with van der Waals surface area (Å²) in [5.41, 5.74) is 5.19. The molecule has 0 radical (unpaired) electrons. The van der Waals surface area contributed by atoms with Crippen LogP contribution in [0.4, 0.5) is 0 Å². The van der Waals surface area contributed by atoms with E-state index in [1.54, 1.807) is 14.2 Å². The second-order valence-corrected chi connectivity index (χ2v) is 6.13. The highest BCUT2D eigenvalue weighted by Crippen LogP contribution is 2.33. The number of ether oxygens (including phenoxy) is 2. The van der Waals surface area contributed by atoms with Crippen molar-refractivity contribution in [3.63, 3.8) is 0 Å². The van der Waals surface area contributed by atoms with Crippen LogP contribution in [0, 0.1) is 13.8 Å². The van der Waals surface area contributed by atoms with E-state index in [9.17, 15) is 4.79 Å². The summed E-state index contributed by atoms with van der Waals surface area (Å²) in [6, 6.07) is 3.99. The predicted molar refractivity (Wildman–Crippen MR) is 90.4 cm³/mol. The minimum Gasteiger partial charge on any atom is -0.493 e. The first-order chi connectivity index (χ1) is 11.5. The molecule has 6 heteroatoms. The van der Waals surface area contributed by atoms with Crippen LogP contribution in [-0.4, -0.2) is 41.8 Å². The molecule has 24 heavy (non-hydrogen) atoms. The van der Waals surface area contributed by atoms with Crippen LogP contribution in [0.15, 0.2) is 12.1 Å². The van der Waals surface area contributed by atoms with E-state index >= 15 is 0 Å². The fourth-order valence-electron chi connectivity index (χ4n) is 3.19. The van der Waals surface area contributed by atoms with Crippen molar-refractivity contribution >= 4 is 5.91 Å². The van der Waals surface area contributed by atoms with E-state index < -0.39 is 0 Å². The van der Waals surface area contributed by atoms with Gasteiger partial charge in [-0.05, 0) is 43.5 Å². The molecule has 2 aromatic rings. The number of hydrogen-bond acceptors (Lipinski definition) is 4. The van der Waals surface area contributed by atoms with E-state index in [4.69, 9.17) is 9.47 Å². The Labute approximate surface area is 141 Å². The zero-order valence-electron chi connectivity index (χ0n) is 14.6. The molecule has 0 atom stereocenters. The predicted octanol–water partition coefficient (Wildman–Crippen LogP) is 2.17. The smallest absolute Gasteiger partial charge is 0.227 e. The second kappa shape index (κ2) is 6.55. The van der Waals surface area contributed by atoms with Gasteiger partial charge in [0, 0.05) is 24.3 Å². The van der Waals surface area contributed by atoms with Crippen LogP contribution in [-0.2, 0) is 24.2 Å². The monoisotopic (exact) mass is 329 g/mol. The second-order valence-electron chi connectivity index (χ2n) is 6.13. The maximum absolute atomic E-state index is 12.7. The molecule has 1 aromatic carbocycles. The van der Waals surface area contributed by atoms with E-state index in [0.717, 1.165) is 41.2 Å². The van der Waals surface area contributed by atoms with Gasteiger partial charge in [0.25, 0.3) is 0 Å². The number of methoxy groups -OCH3 is 2. The number of carbonyl (C=O) groups excluding carboxylic acids is 1. The quantitative estimate of drug-likeness (QED) is 0.933. The molecular formula is C18H23N3O3. The summed E-state index contributed by atoms with van der Waals surface area (Å²) < 4.78 is 10.7. The molecule has 0 fully saturated rings. The average Bonchev–Trinajstić information content (AvgIpc) is 2.91. The van der Waals surface area contributed by atoms with Gasteiger partial charge in [-0.1, -0.05) is 0 Å². The van der Waals surface area contributed by atoms with E-state index in [0.29, 0.717) is 18.7 Å². The Hall–Kier alpha value is -2.50. The molecule has 128 valence electrons. The van der Waals surface area contributed by atoms with Crippen LogP contribution >= 0.6 is 0 Å². The highest BCUT2D eigenvalue weighted by molar-refractivity contribution is 5.79. The molecule has 0 spiro atoms. The third-order valence-corrected chi connectivity index (χ3v) is 4.68. The number of aryl methyl sites for hydroxylation is 2. The summed E-state index contributed by atoms with van der Waals surface area (Å²) >= 11 is 0. The Morgan fingerprint density at radius 1 is 1.21 bits per heavy atom. The highest BCUT2D eigenvalue weighted by atomic mass is 16.5. The summed E-state index contributed by atoms with van der Waals surface area (Å²) in [6.45, 7) is 5.20. The highest BCUT2D eigenvalue weighted by Gasteiger charge is 2.24. The molecule has 1 aliphatic heterocycles. The molecule has 1 amide bonds. The van der Waals surface area contributed by atoms with Crippen LogP contribution in [0.1, 0.15) is 28.1 Å². The molecular weight excluding hydrogens is 306 g/mol. The van der Waals surface area contributed by atoms with Gasteiger partial charge >= 0.3 is 0 Å². The van der Waals surface area contributed by atoms with Crippen molar-refractivity contribution in [2.45, 2.75) is 33.2 Å². The lowest BCUT2D eigenvalue weighted by Gasteiger charge is -2.29. The van der Waals surface area contributed by atoms with Crippen molar-refractivity contribution < 1.29 is 14.3 Å². The molecule has 0 unspecified atom stereocenters. The zero-order valence-corrected chi connectivity index (χ0v) is 14.6. The molecule has 3 rings (SSSR count). The first kappa shape index (κ1) is 16.4. The van der Waals surface area contributed by atoms with E-state index in [1.807, 2.05) is 30.9 Å². The Morgan fingerprint density at radius 2 is 1.88 bits per heavy atom. The Bertz CT molecular complexity index is 748. The number of fused-ring (bicyclic) bond motifs is 1. The summed E-state index contributed by atoms with van der Waals surface area (Å²) in [4.78, 5) is 14.6. The number of H-pyrrole nitrogens is 1. The van der Waals surface area contributed by atoms with Crippen molar-refractivity contribution in [2.24, 2.45) is 0 Å². The summed E-state index contributed by atoms with van der Waals surface area (Å²) in [7, 11) is 3.26. The fraction of sp³-hybridized carbons (Fsp3) is 0.444. The van der Waals surface area contributed by atoms with Crippen LogP contribution in [0.2, 0.25) is 0 Å². The molecule has 0 bridgehead atoms. The summed E-state index contributed by atoms with van der Waals surface area (Å²) in [5, 5.41) is 7.10. The van der Waals surface area contributed by atoms with E-state index in [1.165, 1.54) is 5.56 Å². The van der Waals surface area contributed by atoms with Gasteiger partial charge in [0.2, 0.25) is 5.91 Å². The normalized spacial score (nSPS) is 13.6. The van der Waals surface area contributed by atoms with E-state index in [2.05, 4.69) is 10.2 Å². The largest absolute Gasteiger partial charge is 0.493 e. The SMILES string of the molecule is COc1cc2c(cc1OC)CN(C(=O)Cc1c(C)n[nH]c1C)CC2. The lowest BCUT2D eigenvalue weighted by molar-refractivity contribution is -0.131. The minimum atomic E-state index is 0.128. The number of hydrogen-bond donors (Lipinski definition) is 1. The van der Waals surface area contributed by atoms with Gasteiger partial charge in [-0.3, -0.25) is 9.89 Å². The topological polar surface area (TPSA) is 67.5 Å². The summed E-state index contributed by atoms with van der Waals surface area (Å²) in [5.74, 6) is 1.57. The first-order valence-electron chi connectivity index (χ1n) is 8.05. The summed E-state index contributed by atoms with van der Waals surface area (Å²) in [6.07, 6.45) is 1.21. The number of nitrogens with one attached hydrogen (secondary N) is 1. The van der Waals surface area contributed by atoms with Gasteiger partial charge in [0.15, 0.2) is 11.5 Å². The maximum Gasteiger partial charge on any atom is 0.227 e. The van der Waals surface area contributed by atoms with Crippen molar-refractivity contribution in [3.8, 4) is 11.5 Å². The maximum atomic E-state index is 12.7. The van der Waals surface area contributed by atoms with E-state index in [-0.39, 0.29) is 5.91 Å². The lowest BCUT2D eigenvalue weighted by atomic mass is 9.98. The van der Waals surface area contributed by atoms with Crippen LogP contribution < -0.4 is 9.47 Å². The number of nitrogens with zero attached hydrogens (tertiary/aromatic N) is 2. The minimum absolute atomic E-state index is 0.128. The Kier molecular flexibility index (Phi) is 4.46. The van der Waals surface area contributed by atoms with Gasteiger partial charge in [-0.25, -0.2) is 0 Å². The number of amides is 1. The Morgan fingerprint density at radius 3 is 2.46 bits per heavy atom. The Balaban J connectivity index is 1.78. The number of aromatic nitrogens is 2. The van der Waals surface area contributed by atoms with Gasteiger partial charge in [0.05, 0.1) is 26.3 Å². The van der Waals surface area contributed by atoms with Gasteiger partial charge in [0.1, 0.15) is 0 Å². The van der Waals surface area contributed by atoms with Gasteiger partial charge in [-0.15, -0.1) is 0 Å². The molecule has 0 aliphatic carbocycles. The molecule has 2 heterocycles. The standard InChI is InChI=1S/C18H23N3O3/c1-11-15(12(2)20-19-11)9-18(22)21-6-5-13-7-16(23-3)17(24-4)8-14(13)10-21/h7-8H,5-6,9-10H2,1-4H3,(H,19,20). The van der Waals surface area contributed by atoms with Gasteiger partial charge < -0.3 is 14.4 Å². The zero-order chi connectivity index (χ0) is 17.3. The fourth-order valence-corrected chi connectivity index (χ4v) is 3.19. The number of benzene rings is 1. The molecule has 1 aromatic heterocycles. The average molecular weight is 329 g/mol. The molecule has 1 aliphatic rings. The van der Waals surface area contributed by atoms with Gasteiger partial charge in [-0.2, -0.15) is 5.10 Å². The van der Waals surface area contributed by atoms with Crippen molar-refractivity contribution in [1.29, 1.82) is 0 Å². The lowest BCUT2D eigenvalue weighted by Crippen LogP contribution is -2.37. The first-order valence-corrected chi connectivity index (χ1v) is 8.05. The molecule has 1 N–H and O–H groups in total. The van der Waals surface area contributed by atoms with Crippen molar-refractivity contribution in [2.75, 3.05) is 20.8 Å². The number of carbonyl (C=O) groups is 1. The van der Waals surface area contributed by atoms with Crippen LogP contribution in [0.3, 0.4) is 0 Å². The third kappa shape index (κ3) is 2.96. The third-order valence-electron chi connectivity index (χ3n) is 4.68. The number of rotatable bonds is 4. The van der Waals surface area contributed by atoms with Crippen molar-refractivity contribution in [3.05, 3.63) is 40.2 Å².